The zero-order chi connectivity index (χ0) is 34.5. The van der Waals surface area contributed by atoms with Crippen molar-refractivity contribution in [3.8, 4) is 0 Å². The van der Waals surface area contributed by atoms with Gasteiger partial charge in [-0.15, -0.1) is 0 Å². The van der Waals surface area contributed by atoms with Crippen molar-refractivity contribution in [3.63, 3.8) is 0 Å². The molecule has 8 fully saturated rings. The van der Waals surface area contributed by atoms with Crippen LogP contribution in [0.15, 0.2) is 0 Å². The lowest BCUT2D eigenvalue weighted by Crippen LogP contribution is -2.56. The maximum Gasteiger partial charge on any atom is 0.410 e. The number of nitrogens with zero attached hydrogens (tertiary/aromatic N) is 2. The van der Waals surface area contributed by atoms with Crippen LogP contribution < -0.4 is 0 Å². The van der Waals surface area contributed by atoms with Crippen LogP contribution in [0.5, 0.6) is 0 Å². The number of amides is 2. The predicted octanol–water partition coefficient (Wildman–Crippen LogP) is 7.68. The molecule has 5 aliphatic carbocycles. The van der Waals surface area contributed by atoms with Gasteiger partial charge in [0.25, 0.3) is 0 Å². The van der Waals surface area contributed by atoms with E-state index in [2.05, 4.69) is 48.5 Å². The first kappa shape index (κ1) is 34.7. The SMILES string of the molecule is CC(C)CC(=O)N1CCOC(O[C@H]2CC[C@]34C[C@]35CC[C@@]3(C)C(C[C@H]6O[C@@H]([C@H](OC(=O)N7CCC7)C(C)C)CC[C@@H]63)[C@@H]5CC[C@H]4C2(C)C)C1. The van der Waals surface area contributed by atoms with Crippen LogP contribution in [0, 0.1) is 57.2 Å². The average Bonchev–Trinajstić information content (AvgIpc) is 3.60. The van der Waals surface area contributed by atoms with Crippen LogP contribution in [-0.4, -0.2) is 85.3 Å². The number of hydrogen-bond acceptors (Lipinski definition) is 6. The van der Waals surface area contributed by atoms with Gasteiger partial charge in [0.2, 0.25) is 5.91 Å². The highest BCUT2D eigenvalue weighted by Crippen LogP contribution is 2.87. The molecule has 0 N–H and O–H groups in total. The molecule has 0 aromatic rings. The molecule has 8 nitrogen and oxygen atoms in total. The molecule has 8 heteroatoms. The van der Waals surface area contributed by atoms with E-state index >= 15 is 0 Å². The summed E-state index contributed by atoms with van der Waals surface area (Å²) in [5, 5.41) is 0. The van der Waals surface area contributed by atoms with E-state index in [1.807, 2.05) is 9.80 Å². The van der Waals surface area contributed by atoms with Crippen molar-refractivity contribution in [1.29, 1.82) is 0 Å². The van der Waals surface area contributed by atoms with Crippen molar-refractivity contribution < 1.29 is 28.5 Å². The zero-order valence-electron chi connectivity index (χ0n) is 31.7. The first-order valence-electron chi connectivity index (χ1n) is 20.4. The highest BCUT2D eigenvalue weighted by atomic mass is 16.7. The molecule has 49 heavy (non-hydrogen) atoms. The average molecular weight is 683 g/mol. The molecule has 3 heterocycles. The quantitative estimate of drug-likeness (QED) is 0.274. The summed E-state index contributed by atoms with van der Waals surface area (Å²) in [4.78, 5) is 29.5. The molecule has 5 saturated carbocycles. The number of carbonyl (C=O) groups excluding carboxylic acids is 2. The molecular formula is C41H66N2O6. The minimum absolute atomic E-state index is 0.0109. The minimum atomic E-state index is -0.316. The van der Waals surface area contributed by atoms with Gasteiger partial charge in [0.15, 0.2) is 6.29 Å². The van der Waals surface area contributed by atoms with Gasteiger partial charge in [-0.25, -0.2) is 4.79 Å². The summed E-state index contributed by atoms with van der Waals surface area (Å²) in [5.41, 5.74) is 1.39. The van der Waals surface area contributed by atoms with E-state index in [0.717, 1.165) is 44.2 Å². The third-order valence-corrected chi connectivity index (χ3v) is 16.2. The van der Waals surface area contributed by atoms with Gasteiger partial charge in [0.1, 0.15) is 6.10 Å². The monoisotopic (exact) mass is 682 g/mol. The lowest BCUT2D eigenvalue weighted by Gasteiger charge is -2.60. The summed E-state index contributed by atoms with van der Waals surface area (Å²) in [7, 11) is 0. The smallest absolute Gasteiger partial charge is 0.410 e. The van der Waals surface area contributed by atoms with Crippen molar-refractivity contribution in [2.75, 3.05) is 32.8 Å². The largest absolute Gasteiger partial charge is 0.443 e. The maximum atomic E-state index is 12.9. The molecular weight excluding hydrogens is 616 g/mol. The molecule has 276 valence electrons. The fraction of sp³-hybridized carbons (Fsp3) is 0.951. The van der Waals surface area contributed by atoms with Gasteiger partial charge in [-0.3, -0.25) is 4.79 Å². The summed E-state index contributed by atoms with van der Waals surface area (Å²) in [5.74, 6) is 3.68. The van der Waals surface area contributed by atoms with Gasteiger partial charge in [0, 0.05) is 26.1 Å². The summed E-state index contributed by atoms with van der Waals surface area (Å²) < 4.78 is 26.2. The third-order valence-electron chi connectivity index (χ3n) is 16.2. The van der Waals surface area contributed by atoms with Crippen molar-refractivity contribution in [3.05, 3.63) is 0 Å². The lowest BCUT2D eigenvalue weighted by atomic mass is 9.46. The second kappa shape index (κ2) is 12.4. The fourth-order valence-electron chi connectivity index (χ4n) is 13.7. The molecule has 2 spiro atoms. The van der Waals surface area contributed by atoms with Gasteiger partial charge in [-0.1, -0.05) is 48.5 Å². The van der Waals surface area contributed by atoms with Crippen molar-refractivity contribution in [2.45, 2.75) is 156 Å². The number of morpholine rings is 1. The summed E-state index contributed by atoms with van der Waals surface area (Å²) in [6, 6.07) is 0. The number of likely N-dealkylation sites (tertiary alicyclic amines) is 1. The number of hydrogen-bond donors (Lipinski definition) is 0. The van der Waals surface area contributed by atoms with E-state index in [9.17, 15) is 9.59 Å². The molecule has 0 bridgehead atoms. The van der Waals surface area contributed by atoms with E-state index in [-0.39, 0.29) is 47.9 Å². The molecule has 8 aliphatic rings. The summed E-state index contributed by atoms with van der Waals surface area (Å²) in [6.45, 7) is 19.7. The fourth-order valence-corrected chi connectivity index (χ4v) is 13.7. The van der Waals surface area contributed by atoms with E-state index in [0.29, 0.717) is 66.2 Å². The summed E-state index contributed by atoms with van der Waals surface area (Å²) >= 11 is 0. The second-order valence-electron chi connectivity index (χ2n) is 19.6. The Morgan fingerprint density at radius 2 is 1.63 bits per heavy atom. The number of ether oxygens (including phenoxy) is 4. The Morgan fingerprint density at radius 3 is 2.35 bits per heavy atom. The van der Waals surface area contributed by atoms with E-state index < -0.39 is 0 Å². The van der Waals surface area contributed by atoms with Crippen molar-refractivity contribution >= 4 is 12.0 Å². The molecule has 0 aromatic carbocycles. The van der Waals surface area contributed by atoms with Crippen LogP contribution in [0.3, 0.4) is 0 Å². The maximum absolute atomic E-state index is 12.9. The van der Waals surface area contributed by atoms with Crippen LogP contribution >= 0.6 is 0 Å². The number of carbonyl (C=O) groups is 2. The molecule has 0 radical (unpaired) electrons. The Hall–Kier alpha value is -1.38. The predicted molar refractivity (Wildman–Crippen MR) is 187 cm³/mol. The standard InChI is InChI=1S/C41H66N2O6/c1-25(2)21-34(44)43-19-20-46-35(23-43)48-33-13-14-41-24-40(41)16-15-39(7)28-9-11-30(36(26(3)4)49-37(45)42-17-8-18-42)47-31(28)22-29(39)27(40)10-12-32(41)38(33,5)6/h25-33,35-36H,8-24H2,1-7H3/t27-,28-,29?,30+,31+,32-,33-,35?,36+,39+,40-,41+/m0/s1. The van der Waals surface area contributed by atoms with Crippen LogP contribution in [0.4, 0.5) is 4.79 Å². The first-order valence-corrected chi connectivity index (χ1v) is 20.4. The second-order valence-corrected chi connectivity index (χ2v) is 19.6. The molecule has 3 saturated heterocycles. The van der Waals surface area contributed by atoms with E-state index in [1.165, 1.54) is 51.4 Å². The van der Waals surface area contributed by atoms with Gasteiger partial charge >= 0.3 is 6.09 Å². The highest BCUT2D eigenvalue weighted by molar-refractivity contribution is 5.76. The van der Waals surface area contributed by atoms with Crippen molar-refractivity contribution in [2.24, 2.45) is 57.2 Å². The normalized spacial score (nSPS) is 45.7. The Kier molecular flexibility index (Phi) is 8.75. The Bertz CT molecular complexity index is 1280. The molecule has 12 atom stereocenters. The first-order chi connectivity index (χ1) is 23.3. The molecule has 0 aromatic heterocycles. The van der Waals surface area contributed by atoms with Gasteiger partial charge in [-0.05, 0) is 128 Å². The van der Waals surface area contributed by atoms with Crippen LogP contribution in [-0.2, 0) is 23.7 Å². The molecule has 2 unspecified atom stereocenters. The van der Waals surface area contributed by atoms with Gasteiger partial charge in [0.05, 0.1) is 31.5 Å². The van der Waals surface area contributed by atoms with Crippen LogP contribution in [0.1, 0.15) is 126 Å². The Labute approximate surface area is 296 Å². The Balaban J connectivity index is 0.936. The zero-order valence-corrected chi connectivity index (χ0v) is 31.7. The number of fused-ring (bicyclic) bond motifs is 4. The summed E-state index contributed by atoms with van der Waals surface area (Å²) in [6.07, 6.45) is 14.1. The third kappa shape index (κ3) is 5.44. The van der Waals surface area contributed by atoms with Crippen LogP contribution in [0.2, 0.25) is 0 Å². The van der Waals surface area contributed by atoms with E-state index in [4.69, 9.17) is 18.9 Å². The Morgan fingerprint density at radius 1 is 0.857 bits per heavy atom. The van der Waals surface area contributed by atoms with Crippen LogP contribution in [0.25, 0.3) is 0 Å². The molecule has 8 rings (SSSR count). The minimum Gasteiger partial charge on any atom is -0.443 e. The van der Waals surface area contributed by atoms with Gasteiger partial charge in [-0.2, -0.15) is 0 Å². The highest BCUT2D eigenvalue weighted by Gasteiger charge is 2.80. The van der Waals surface area contributed by atoms with E-state index in [1.54, 1.807) is 0 Å². The van der Waals surface area contributed by atoms with Gasteiger partial charge < -0.3 is 28.7 Å². The topological polar surface area (TPSA) is 77.5 Å². The number of rotatable bonds is 7. The molecule has 2 amide bonds. The van der Waals surface area contributed by atoms with Crippen molar-refractivity contribution in [1.82, 2.24) is 9.80 Å². The molecule has 3 aliphatic heterocycles. The lowest BCUT2D eigenvalue weighted by molar-refractivity contribution is -0.244.